The van der Waals surface area contributed by atoms with Crippen LogP contribution >= 0.6 is 0 Å². The van der Waals surface area contributed by atoms with Gasteiger partial charge >= 0.3 is 0 Å². The van der Waals surface area contributed by atoms with Crippen molar-refractivity contribution < 1.29 is 0 Å². The molecule has 2 rings (SSSR count). The van der Waals surface area contributed by atoms with Gasteiger partial charge in [0, 0.05) is 5.41 Å². The monoisotopic (exact) mass is 120 g/mol. The number of hydrogen-bond donors (Lipinski definition) is 0. The zero-order valence-electron chi connectivity index (χ0n) is 5.96. The van der Waals surface area contributed by atoms with Crippen molar-refractivity contribution in [1.82, 2.24) is 0 Å². The van der Waals surface area contributed by atoms with Crippen molar-refractivity contribution in [2.45, 2.75) is 13.8 Å². The zero-order chi connectivity index (χ0) is 6.48. The Labute approximate surface area is 56.3 Å². The number of hydrogen-bond acceptors (Lipinski definition) is 0. The van der Waals surface area contributed by atoms with Gasteiger partial charge in [0.2, 0.25) is 0 Å². The van der Waals surface area contributed by atoms with Gasteiger partial charge in [0.05, 0.1) is 0 Å². The van der Waals surface area contributed by atoms with E-state index in [1.165, 1.54) is 0 Å². The van der Waals surface area contributed by atoms with Crippen molar-refractivity contribution in [1.29, 1.82) is 0 Å². The highest BCUT2D eigenvalue weighted by molar-refractivity contribution is 5.35. The van der Waals surface area contributed by atoms with Crippen LogP contribution < -0.4 is 0 Å². The van der Waals surface area contributed by atoms with Gasteiger partial charge in [-0.05, 0) is 11.8 Å². The highest BCUT2D eigenvalue weighted by Gasteiger charge is 2.55. The van der Waals surface area contributed by atoms with Crippen LogP contribution in [-0.2, 0) is 0 Å². The fourth-order valence-electron chi connectivity index (χ4n) is 1.95. The third-order valence-electron chi connectivity index (χ3n) is 3.10. The maximum Gasteiger partial charge on any atom is 0.0124 e. The summed E-state index contributed by atoms with van der Waals surface area (Å²) in [4.78, 5) is 0. The zero-order valence-corrected chi connectivity index (χ0v) is 5.96. The lowest BCUT2D eigenvalue weighted by atomic mass is 10.1. The molecule has 1 fully saturated rings. The molecule has 0 bridgehead atoms. The molecule has 9 heavy (non-hydrogen) atoms. The van der Waals surface area contributed by atoms with E-state index in [1.54, 1.807) is 0 Å². The Kier molecular flexibility index (Phi) is 0.769. The molecule has 0 aromatic heterocycles. The van der Waals surface area contributed by atoms with Crippen LogP contribution in [0.1, 0.15) is 13.8 Å². The lowest BCUT2D eigenvalue weighted by Gasteiger charge is -1.97. The molecular formula is C9H12. The van der Waals surface area contributed by atoms with Crippen molar-refractivity contribution in [2.24, 2.45) is 17.3 Å². The fraction of sp³-hybridized carbons (Fsp3) is 0.556. The molecule has 0 aliphatic heterocycles. The van der Waals surface area contributed by atoms with Gasteiger partial charge in [0.15, 0.2) is 0 Å². The van der Waals surface area contributed by atoms with E-state index in [4.69, 9.17) is 0 Å². The van der Waals surface area contributed by atoms with Crippen LogP contribution in [0.15, 0.2) is 24.3 Å². The largest absolute Gasteiger partial charge is 0.0740 e. The molecule has 2 atom stereocenters. The van der Waals surface area contributed by atoms with Crippen LogP contribution in [0.2, 0.25) is 0 Å². The minimum absolute atomic E-state index is 0.500. The van der Waals surface area contributed by atoms with Crippen molar-refractivity contribution >= 4 is 0 Å². The molecule has 0 heteroatoms. The Hall–Kier alpha value is -0.520. The smallest absolute Gasteiger partial charge is 0.0124 e. The van der Waals surface area contributed by atoms with Crippen LogP contribution in [-0.4, -0.2) is 0 Å². The van der Waals surface area contributed by atoms with E-state index in [1.807, 2.05) is 0 Å². The first-order chi connectivity index (χ1) is 4.27. The topological polar surface area (TPSA) is 0 Å². The third-order valence-corrected chi connectivity index (χ3v) is 3.10. The lowest BCUT2D eigenvalue weighted by molar-refractivity contribution is 0.738. The van der Waals surface area contributed by atoms with E-state index in [2.05, 4.69) is 38.2 Å². The van der Waals surface area contributed by atoms with Crippen molar-refractivity contribution in [3.05, 3.63) is 24.3 Å². The van der Waals surface area contributed by atoms with Crippen LogP contribution in [0, 0.1) is 17.3 Å². The van der Waals surface area contributed by atoms with Crippen LogP contribution in [0.4, 0.5) is 0 Å². The SMILES string of the molecule is C[C@H]1[C@H](C)C12C=CC=C2. The van der Waals surface area contributed by atoms with E-state index in [9.17, 15) is 0 Å². The Morgan fingerprint density at radius 3 is 1.67 bits per heavy atom. The maximum absolute atomic E-state index is 2.34. The Morgan fingerprint density at radius 1 is 1.00 bits per heavy atom. The van der Waals surface area contributed by atoms with Crippen molar-refractivity contribution in [3.8, 4) is 0 Å². The summed E-state index contributed by atoms with van der Waals surface area (Å²) in [5.74, 6) is 1.76. The van der Waals surface area contributed by atoms with Gasteiger partial charge in [0.25, 0.3) is 0 Å². The van der Waals surface area contributed by atoms with Gasteiger partial charge in [-0.1, -0.05) is 38.2 Å². The average Bonchev–Trinajstić information content (AvgIpc) is 2.44. The molecule has 0 N–H and O–H groups in total. The summed E-state index contributed by atoms with van der Waals surface area (Å²) in [7, 11) is 0. The number of rotatable bonds is 0. The summed E-state index contributed by atoms with van der Waals surface area (Å²) in [6.45, 7) is 4.65. The predicted molar refractivity (Wildman–Crippen MR) is 39.0 cm³/mol. The second kappa shape index (κ2) is 1.31. The molecular weight excluding hydrogens is 108 g/mol. The first-order valence-electron chi connectivity index (χ1n) is 3.64. The Bertz CT molecular complexity index is 164. The van der Waals surface area contributed by atoms with E-state index >= 15 is 0 Å². The second-order valence-electron chi connectivity index (χ2n) is 3.30. The van der Waals surface area contributed by atoms with Gasteiger partial charge in [-0.25, -0.2) is 0 Å². The second-order valence-corrected chi connectivity index (χ2v) is 3.30. The summed E-state index contributed by atoms with van der Waals surface area (Å²) in [5.41, 5.74) is 0.500. The van der Waals surface area contributed by atoms with Crippen molar-refractivity contribution in [2.75, 3.05) is 0 Å². The summed E-state index contributed by atoms with van der Waals surface area (Å²) < 4.78 is 0. The maximum atomic E-state index is 2.34. The first-order valence-corrected chi connectivity index (χ1v) is 3.64. The average molecular weight is 120 g/mol. The molecule has 0 amide bonds. The Morgan fingerprint density at radius 2 is 1.44 bits per heavy atom. The molecule has 0 aromatic rings. The van der Waals surface area contributed by atoms with Gasteiger partial charge in [0.1, 0.15) is 0 Å². The summed E-state index contributed by atoms with van der Waals surface area (Å²) in [5, 5.41) is 0. The minimum Gasteiger partial charge on any atom is -0.0740 e. The molecule has 0 heterocycles. The van der Waals surface area contributed by atoms with Gasteiger partial charge < -0.3 is 0 Å². The molecule has 2 aliphatic rings. The molecule has 1 saturated carbocycles. The summed E-state index contributed by atoms with van der Waals surface area (Å²) in [6.07, 6.45) is 9.00. The first kappa shape index (κ1) is 5.28. The van der Waals surface area contributed by atoms with E-state index in [0.717, 1.165) is 11.8 Å². The molecule has 0 nitrogen and oxygen atoms in total. The van der Waals surface area contributed by atoms with Crippen LogP contribution in [0.25, 0.3) is 0 Å². The molecule has 0 saturated heterocycles. The van der Waals surface area contributed by atoms with Gasteiger partial charge in [-0.3, -0.25) is 0 Å². The van der Waals surface area contributed by atoms with Crippen LogP contribution in [0.5, 0.6) is 0 Å². The summed E-state index contributed by atoms with van der Waals surface area (Å²) >= 11 is 0. The number of allylic oxidation sites excluding steroid dienone is 4. The molecule has 0 aromatic carbocycles. The standard InChI is InChI=1S/C9H12/c1-7-8(2)9(7)5-3-4-6-9/h3-8H,1-2H3/t7-,8-/m0/s1. The highest BCUT2D eigenvalue weighted by Crippen LogP contribution is 2.61. The molecule has 1 spiro atoms. The van der Waals surface area contributed by atoms with Gasteiger partial charge in [-0.15, -0.1) is 0 Å². The predicted octanol–water partition coefficient (Wildman–Crippen LogP) is 2.38. The van der Waals surface area contributed by atoms with Crippen LogP contribution in [0.3, 0.4) is 0 Å². The Balaban J connectivity index is 2.31. The molecule has 48 valence electrons. The highest BCUT2D eigenvalue weighted by atomic mass is 14.6. The normalized spacial score (nSPS) is 42.4. The van der Waals surface area contributed by atoms with E-state index in [0.29, 0.717) is 5.41 Å². The van der Waals surface area contributed by atoms with Crippen molar-refractivity contribution in [3.63, 3.8) is 0 Å². The molecule has 0 radical (unpaired) electrons. The third kappa shape index (κ3) is 0.444. The minimum atomic E-state index is 0.500. The molecule has 0 unspecified atom stereocenters. The quantitative estimate of drug-likeness (QED) is 0.460. The molecule has 2 aliphatic carbocycles. The van der Waals surface area contributed by atoms with E-state index < -0.39 is 0 Å². The van der Waals surface area contributed by atoms with E-state index in [-0.39, 0.29) is 0 Å². The van der Waals surface area contributed by atoms with Gasteiger partial charge in [-0.2, -0.15) is 0 Å². The lowest BCUT2D eigenvalue weighted by Crippen LogP contribution is -1.89. The fourth-order valence-corrected chi connectivity index (χ4v) is 1.95. The summed E-state index contributed by atoms with van der Waals surface area (Å²) in [6, 6.07) is 0.